The third kappa shape index (κ3) is 4.38. The number of aliphatic hydroxyl groups excluding tert-OH is 2. The zero-order valence-corrected chi connectivity index (χ0v) is 22.2. The Morgan fingerprint density at radius 3 is 2.61 bits per heavy atom. The van der Waals surface area contributed by atoms with Crippen LogP contribution in [0.25, 0.3) is 20.8 Å². The van der Waals surface area contributed by atoms with Crippen molar-refractivity contribution in [3.05, 3.63) is 23.1 Å². The highest BCUT2D eigenvalue weighted by molar-refractivity contribution is 7.21. The van der Waals surface area contributed by atoms with Gasteiger partial charge in [0.1, 0.15) is 24.0 Å². The Labute approximate surface area is 214 Å². The minimum absolute atomic E-state index is 0.192. The van der Waals surface area contributed by atoms with Crippen LogP contribution in [-0.2, 0) is 0 Å². The fourth-order valence-electron chi connectivity index (χ4n) is 5.22. The summed E-state index contributed by atoms with van der Waals surface area (Å²) in [6.45, 7) is 7.78. The Morgan fingerprint density at radius 1 is 1.22 bits per heavy atom. The number of hydrogen-bond acceptors (Lipinski definition) is 10. The molecule has 4 unspecified atom stereocenters. The van der Waals surface area contributed by atoms with Crippen molar-refractivity contribution in [1.29, 1.82) is 0 Å². The van der Waals surface area contributed by atoms with Crippen molar-refractivity contribution >= 4 is 33.3 Å². The normalized spacial score (nSPS) is 24.8. The third-order valence-corrected chi connectivity index (χ3v) is 8.55. The quantitative estimate of drug-likeness (QED) is 0.226. The lowest BCUT2D eigenvalue weighted by atomic mass is 10.0. The molecule has 5 rings (SSSR count). The van der Waals surface area contributed by atoms with Gasteiger partial charge in [0.05, 0.1) is 16.0 Å². The zero-order valence-electron chi connectivity index (χ0n) is 21.4. The van der Waals surface area contributed by atoms with Crippen LogP contribution in [0.1, 0.15) is 49.7 Å². The van der Waals surface area contributed by atoms with Crippen LogP contribution in [0, 0.1) is 32.6 Å². The number of pyridine rings is 1. The van der Waals surface area contributed by atoms with Gasteiger partial charge in [0.2, 0.25) is 11.6 Å². The fourth-order valence-corrected chi connectivity index (χ4v) is 6.43. The topological polar surface area (TPSA) is 137 Å². The van der Waals surface area contributed by atoms with E-state index in [1.54, 1.807) is 11.8 Å². The summed E-state index contributed by atoms with van der Waals surface area (Å²) in [4.78, 5) is 19.9. The number of aliphatic hydroxyl groups is 3. The number of aryl methyl sites for hydroxylation is 3. The van der Waals surface area contributed by atoms with E-state index in [9.17, 15) is 15.3 Å². The molecule has 3 heterocycles. The van der Waals surface area contributed by atoms with Crippen LogP contribution in [0.4, 0.5) is 11.8 Å². The minimum atomic E-state index is -1.62. The number of fused-ring (bicyclic) bond motifs is 1. The van der Waals surface area contributed by atoms with Crippen LogP contribution in [0.3, 0.4) is 0 Å². The number of hydrogen-bond donors (Lipinski definition) is 5. The highest BCUT2D eigenvalue weighted by atomic mass is 32.1. The van der Waals surface area contributed by atoms with Crippen molar-refractivity contribution in [2.24, 2.45) is 11.8 Å². The van der Waals surface area contributed by atoms with Crippen molar-refractivity contribution in [2.75, 3.05) is 24.4 Å². The van der Waals surface area contributed by atoms with E-state index >= 15 is 0 Å². The number of aromatic nitrogens is 4. The van der Waals surface area contributed by atoms with Crippen molar-refractivity contribution in [3.63, 3.8) is 0 Å². The van der Waals surface area contributed by atoms with Crippen LogP contribution in [0.2, 0.25) is 0 Å². The maximum Gasteiger partial charge on any atom is 0.258 e. The molecular weight excluding hydrogens is 480 g/mol. The van der Waals surface area contributed by atoms with Crippen molar-refractivity contribution < 1.29 is 24.9 Å². The van der Waals surface area contributed by atoms with E-state index in [2.05, 4.69) is 17.6 Å². The summed E-state index contributed by atoms with van der Waals surface area (Å²) >= 11 is 1.52. The van der Waals surface area contributed by atoms with Gasteiger partial charge in [-0.15, -0.1) is 11.3 Å². The first kappa shape index (κ1) is 25.1. The molecule has 0 amide bonds. The monoisotopic (exact) mass is 515 g/mol. The molecular formula is C25H35N6O4S+. The summed E-state index contributed by atoms with van der Waals surface area (Å²) in [6.07, 6.45) is 2.04. The molecule has 0 saturated heterocycles. The Bertz CT molecular complexity index is 1300. The molecule has 2 fully saturated rings. The van der Waals surface area contributed by atoms with Crippen LogP contribution in [-0.4, -0.2) is 61.9 Å². The Hall–Kier alpha value is -2.60. The number of anilines is 2. The number of nitrogens with zero attached hydrogens (tertiary/aromatic N) is 4. The maximum absolute atomic E-state index is 11.3. The van der Waals surface area contributed by atoms with Gasteiger partial charge in [-0.3, -0.25) is 4.84 Å². The minimum Gasteiger partial charge on any atom is -0.396 e. The van der Waals surface area contributed by atoms with E-state index in [0.29, 0.717) is 40.4 Å². The Morgan fingerprint density at radius 2 is 1.97 bits per heavy atom. The molecule has 3 aromatic rings. The van der Waals surface area contributed by atoms with Gasteiger partial charge in [-0.2, -0.15) is 4.98 Å². The summed E-state index contributed by atoms with van der Waals surface area (Å²) in [7, 11) is 1.63. The summed E-state index contributed by atoms with van der Waals surface area (Å²) < 4.78 is 2.75. The maximum atomic E-state index is 11.3. The lowest BCUT2D eigenvalue weighted by Crippen LogP contribution is -2.48. The molecule has 0 aliphatic heterocycles. The van der Waals surface area contributed by atoms with Gasteiger partial charge in [0.25, 0.3) is 5.69 Å². The van der Waals surface area contributed by atoms with Crippen LogP contribution >= 0.6 is 11.3 Å². The lowest BCUT2D eigenvalue weighted by molar-refractivity contribution is -0.892. The molecule has 0 radical (unpaired) electrons. The first-order valence-electron chi connectivity index (χ1n) is 12.5. The van der Waals surface area contributed by atoms with Crippen LogP contribution in [0.15, 0.2) is 6.07 Å². The average molecular weight is 516 g/mol. The van der Waals surface area contributed by atoms with Crippen molar-refractivity contribution in [3.8, 4) is 10.6 Å². The molecule has 3 aromatic heterocycles. The lowest BCUT2D eigenvalue weighted by Gasteiger charge is -2.31. The zero-order chi connectivity index (χ0) is 25.8. The van der Waals surface area contributed by atoms with Crippen molar-refractivity contribution in [2.45, 2.75) is 71.2 Å². The average Bonchev–Trinajstić information content (AvgIpc) is 3.54. The first-order valence-corrected chi connectivity index (χ1v) is 13.3. The van der Waals surface area contributed by atoms with E-state index in [1.807, 2.05) is 26.8 Å². The van der Waals surface area contributed by atoms with Gasteiger partial charge in [-0.05, 0) is 45.4 Å². The first-order chi connectivity index (χ1) is 17.1. The van der Waals surface area contributed by atoms with E-state index in [4.69, 9.17) is 19.8 Å². The van der Waals surface area contributed by atoms with Crippen LogP contribution < -0.4 is 20.2 Å². The highest BCUT2D eigenvalue weighted by Crippen LogP contribution is 2.41. The molecule has 2 saturated carbocycles. The van der Waals surface area contributed by atoms with Gasteiger partial charge >= 0.3 is 0 Å². The van der Waals surface area contributed by atoms with Gasteiger partial charge in [0, 0.05) is 43.2 Å². The van der Waals surface area contributed by atoms with Gasteiger partial charge in [-0.1, -0.05) is 0 Å². The Kier molecular flexibility index (Phi) is 6.52. The predicted octanol–water partition coefficient (Wildman–Crippen LogP) is 2.10. The van der Waals surface area contributed by atoms with E-state index in [-0.39, 0.29) is 19.1 Å². The van der Waals surface area contributed by atoms with E-state index < -0.39 is 17.7 Å². The highest BCUT2D eigenvalue weighted by Gasteiger charge is 2.47. The smallest absolute Gasteiger partial charge is 0.258 e. The van der Waals surface area contributed by atoms with Gasteiger partial charge in [0.15, 0.2) is 11.2 Å². The third-order valence-electron chi connectivity index (χ3n) is 7.53. The molecule has 2 aliphatic rings. The molecule has 36 heavy (non-hydrogen) atoms. The second-order valence-corrected chi connectivity index (χ2v) is 11.2. The molecule has 0 spiro atoms. The predicted molar refractivity (Wildman–Crippen MR) is 138 cm³/mol. The molecule has 11 heteroatoms. The molecule has 0 aromatic carbocycles. The van der Waals surface area contributed by atoms with E-state index in [0.717, 1.165) is 21.6 Å². The summed E-state index contributed by atoms with van der Waals surface area (Å²) in [5.74, 6) is 1.08. The SMILES string of the molecule is CO[n+]1c(C)cc2sc(-c3c(C)nc(NC(C)C4CC4)nc3NC3(O)CCC(CO)C3O)nc2c1C. The Balaban J connectivity index is 1.61. The number of thiazole rings is 1. The number of rotatable bonds is 8. The second-order valence-electron chi connectivity index (χ2n) is 10.2. The molecule has 4 atom stereocenters. The largest absolute Gasteiger partial charge is 0.396 e. The summed E-state index contributed by atoms with van der Waals surface area (Å²) in [5.41, 5.74) is 2.42. The molecule has 194 valence electrons. The van der Waals surface area contributed by atoms with Crippen molar-refractivity contribution in [1.82, 2.24) is 15.0 Å². The molecule has 0 bridgehead atoms. The van der Waals surface area contributed by atoms with Crippen LogP contribution in [0.5, 0.6) is 0 Å². The van der Waals surface area contributed by atoms with E-state index in [1.165, 1.54) is 24.2 Å². The standard InChI is InChI=1S/C25H35N6O4S/c1-12-10-18-20(15(4)31(12)35-5)28-23(36-18)19-14(3)27-24(26-13(2)16-6-7-16)29-22(19)30-25(34)9-8-17(11-32)21(25)33/h10,13,16-17,21,32-34H,6-9,11H2,1-5H3,(H2,26,27,29,30)/q+1. The molecule has 10 nitrogen and oxygen atoms in total. The summed E-state index contributed by atoms with van der Waals surface area (Å²) in [6, 6.07) is 2.27. The van der Waals surface area contributed by atoms with Gasteiger partial charge in [-0.25, -0.2) is 9.97 Å². The molecule has 2 aliphatic carbocycles. The number of nitrogens with one attached hydrogen (secondary N) is 2. The van der Waals surface area contributed by atoms with Gasteiger partial charge < -0.3 is 26.0 Å². The second kappa shape index (κ2) is 9.37. The molecule has 5 N–H and O–H groups in total. The fraction of sp³-hybridized carbons (Fsp3) is 0.600. The summed E-state index contributed by atoms with van der Waals surface area (Å²) in [5, 5.41) is 39.0.